The molecule has 8 atom stereocenters. The number of aryl methyl sites for hydroxylation is 1. The maximum absolute atomic E-state index is 14.0. The summed E-state index contributed by atoms with van der Waals surface area (Å²) >= 11 is 0. The molecule has 2 aliphatic carbocycles. The number of hydrogen-bond donors (Lipinski definition) is 0. The topological polar surface area (TPSA) is 63.2 Å². The van der Waals surface area contributed by atoms with Gasteiger partial charge < -0.3 is 23.1 Å². The summed E-state index contributed by atoms with van der Waals surface area (Å²) in [6.45, 7) is 32.3. The van der Waals surface area contributed by atoms with Crippen LogP contribution in [-0.2, 0) is 23.1 Å². The lowest BCUT2D eigenvalue weighted by atomic mass is 9.66. The highest BCUT2D eigenvalue weighted by Gasteiger charge is 2.46. The average Bonchev–Trinajstić information content (AvgIpc) is 3.00. The third-order valence-electron chi connectivity index (χ3n) is 12.7. The maximum atomic E-state index is 14.0. The van der Waals surface area contributed by atoms with Gasteiger partial charge in [0.25, 0.3) is 0 Å². The summed E-state index contributed by atoms with van der Waals surface area (Å²) in [6.07, 6.45) is 11.4. The Morgan fingerprint density at radius 2 is 1.62 bits per heavy atom. The predicted molar refractivity (Wildman–Crippen MR) is 211 cm³/mol. The molecule has 3 aliphatic rings. The largest absolute Gasteiger partial charge is 0.478 e. The molecule has 0 spiro atoms. The Labute approximate surface area is 307 Å². The van der Waals surface area contributed by atoms with Gasteiger partial charge in [-0.15, -0.1) is 0 Å². The zero-order chi connectivity index (χ0) is 37.2. The van der Waals surface area contributed by atoms with Crippen molar-refractivity contribution in [1.82, 2.24) is 0 Å². The summed E-state index contributed by atoms with van der Waals surface area (Å²) in [7, 11) is -3.93. The first-order valence-corrected chi connectivity index (χ1v) is 25.3. The van der Waals surface area contributed by atoms with Gasteiger partial charge in [-0.1, -0.05) is 85.8 Å². The van der Waals surface area contributed by atoms with Gasteiger partial charge in [0.2, 0.25) is 0 Å². The number of hydrogen-bond acceptors (Lipinski definition) is 6. The van der Waals surface area contributed by atoms with Crippen molar-refractivity contribution in [3.8, 4) is 5.75 Å². The van der Waals surface area contributed by atoms with Gasteiger partial charge in [-0.2, -0.15) is 0 Å². The lowest BCUT2D eigenvalue weighted by molar-refractivity contribution is -0.163. The van der Waals surface area contributed by atoms with Gasteiger partial charge in [0.15, 0.2) is 22.7 Å². The fraction of sp³-hybridized carbons (Fsp3) is 0.738. The number of allylic oxidation sites excluding steroid dienone is 2. The highest BCUT2D eigenvalue weighted by Crippen LogP contribution is 2.47. The third-order valence-corrected chi connectivity index (χ3v) is 21.8. The van der Waals surface area contributed by atoms with Crippen molar-refractivity contribution in [2.75, 3.05) is 6.61 Å². The minimum atomic E-state index is -2.07. The molecule has 1 fully saturated rings. The number of rotatable bonds is 12. The van der Waals surface area contributed by atoms with Gasteiger partial charge in [-0.25, -0.2) is 4.79 Å². The van der Waals surface area contributed by atoms with Crippen LogP contribution in [0.3, 0.4) is 0 Å². The Hall–Kier alpha value is -1.72. The number of carbonyl (C=O) groups excluding carboxylic acids is 1. The first kappa shape index (κ1) is 41.0. The maximum Gasteiger partial charge on any atom is 0.347 e. The summed E-state index contributed by atoms with van der Waals surface area (Å²) < 4.78 is 33.2. The van der Waals surface area contributed by atoms with E-state index in [4.69, 9.17) is 23.1 Å². The highest BCUT2D eigenvalue weighted by atomic mass is 28.4. The highest BCUT2D eigenvalue weighted by molar-refractivity contribution is 6.74. The van der Waals surface area contributed by atoms with E-state index in [1.54, 1.807) is 0 Å². The van der Waals surface area contributed by atoms with E-state index in [0.29, 0.717) is 24.7 Å². The Kier molecular flexibility index (Phi) is 13.2. The minimum absolute atomic E-state index is 0.0763. The zero-order valence-electron chi connectivity index (χ0n) is 34.0. The van der Waals surface area contributed by atoms with Gasteiger partial charge in [-0.05, 0) is 117 Å². The normalized spacial score (nSPS) is 28.4. The number of esters is 1. The van der Waals surface area contributed by atoms with Crippen molar-refractivity contribution in [3.63, 3.8) is 0 Å². The number of fused-ring (bicyclic) bond motifs is 1. The molecule has 0 amide bonds. The van der Waals surface area contributed by atoms with Gasteiger partial charge in [0.1, 0.15) is 11.9 Å². The van der Waals surface area contributed by atoms with Gasteiger partial charge in [-0.3, -0.25) is 0 Å². The SMILES string of the molecule is CCC(Oc1cccc(C)c1C)C(=O)O[C@H]1C[C@H](O[Si](C)(C)C(C)(C)C)C=C2C=C[C@H](C)[C@H](CC[C@@H]3C[C@H](O[Si](C)(C)C(C)(C)C)CCO3)[C@H]21. The van der Waals surface area contributed by atoms with Crippen LogP contribution in [0.15, 0.2) is 42.0 Å². The van der Waals surface area contributed by atoms with Crippen molar-refractivity contribution in [2.45, 2.75) is 175 Å². The first-order valence-electron chi connectivity index (χ1n) is 19.4. The summed E-state index contributed by atoms with van der Waals surface area (Å²) in [5.41, 5.74) is 3.44. The molecule has 1 heterocycles. The molecule has 8 heteroatoms. The van der Waals surface area contributed by atoms with Crippen LogP contribution in [0.5, 0.6) is 5.75 Å². The molecule has 0 aromatic heterocycles. The minimum Gasteiger partial charge on any atom is -0.478 e. The van der Waals surface area contributed by atoms with Crippen molar-refractivity contribution >= 4 is 22.6 Å². The van der Waals surface area contributed by atoms with Crippen LogP contribution in [0.4, 0.5) is 0 Å². The molecule has 282 valence electrons. The number of benzene rings is 1. The predicted octanol–water partition coefficient (Wildman–Crippen LogP) is 10.9. The smallest absolute Gasteiger partial charge is 0.347 e. The second kappa shape index (κ2) is 16.1. The van der Waals surface area contributed by atoms with Crippen molar-refractivity contribution in [1.29, 1.82) is 0 Å². The van der Waals surface area contributed by atoms with Crippen LogP contribution < -0.4 is 4.74 Å². The molecule has 4 rings (SSSR count). The molecule has 0 N–H and O–H groups in total. The van der Waals surface area contributed by atoms with Crippen LogP contribution in [-0.4, -0.2) is 59.7 Å². The third kappa shape index (κ3) is 9.83. The van der Waals surface area contributed by atoms with Gasteiger partial charge >= 0.3 is 5.97 Å². The fourth-order valence-electron chi connectivity index (χ4n) is 7.26. The molecule has 1 aromatic carbocycles. The fourth-order valence-corrected chi connectivity index (χ4v) is 9.94. The van der Waals surface area contributed by atoms with Crippen LogP contribution in [0.25, 0.3) is 0 Å². The van der Waals surface area contributed by atoms with Crippen molar-refractivity contribution < 1.29 is 27.9 Å². The van der Waals surface area contributed by atoms with Gasteiger partial charge in [0, 0.05) is 25.0 Å². The van der Waals surface area contributed by atoms with Crippen LogP contribution in [0.2, 0.25) is 36.3 Å². The molecule has 1 aliphatic heterocycles. The number of ether oxygens (including phenoxy) is 3. The quantitative estimate of drug-likeness (QED) is 0.158. The van der Waals surface area contributed by atoms with Crippen LogP contribution >= 0.6 is 0 Å². The average molecular weight is 727 g/mol. The summed E-state index contributed by atoms with van der Waals surface area (Å²) in [5, 5.41) is 0.265. The first-order chi connectivity index (χ1) is 23.1. The van der Waals surface area contributed by atoms with Crippen LogP contribution in [0, 0.1) is 31.6 Å². The summed E-state index contributed by atoms with van der Waals surface area (Å²) in [6, 6.07) is 5.99. The molecule has 1 aromatic rings. The van der Waals surface area contributed by atoms with Gasteiger partial charge in [0.05, 0.1) is 12.2 Å². The lowest BCUT2D eigenvalue weighted by Crippen LogP contribution is -2.49. The Morgan fingerprint density at radius 1 is 0.960 bits per heavy atom. The molecule has 6 nitrogen and oxygen atoms in total. The molecule has 50 heavy (non-hydrogen) atoms. The van der Waals surface area contributed by atoms with Crippen molar-refractivity contribution in [3.05, 3.63) is 53.1 Å². The Bertz CT molecular complexity index is 1370. The molecule has 0 saturated carbocycles. The van der Waals surface area contributed by atoms with E-state index >= 15 is 0 Å². The van der Waals surface area contributed by atoms with E-state index in [1.807, 2.05) is 26.0 Å². The van der Waals surface area contributed by atoms with E-state index in [9.17, 15) is 4.79 Å². The Morgan fingerprint density at radius 3 is 2.26 bits per heavy atom. The monoisotopic (exact) mass is 726 g/mol. The molecule has 1 saturated heterocycles. The lowest BCUT2D eigenvalue weighted by Gasteiger charge is -2.46. The second-order valence-electron chi connectivity index (χ2n) is 18.5. The van der Waals surface area contributed by atoms with E-state index in [1.165, 1.54) is 5.57 Å². The van der Waals surface area contributed by atoms with E-state index < -0.39 is 22.7 Å². The standard InChI is InChI=1S/C42H70O6Si2/c1-15-36(45-37-18-16-17-28(2)30(37)4)40(43)46-38-27-34(48-50(13,14)42(8,9)10)25-31-20-19-29(3)35(39(31)38)22-21-32-26-33(23-24-44-32)47-49(11,12)41(5,6)7/h16-20,25,29,32-36,38-39H,15,21-24,26-27H2,1-14H3/t29-,32+,33+,34+,35-,36?,38-,39-/m0/s1. The summed E-state index contributed by atoms with van der Waals surface area (Å²) in [4.78, 5) is 14.0. The zero-order valence-corrected chi connectivity index (χ0v) is 36.0. The van der Waals surface area contributed by atoms with E-state index in [0.717, 1.165) is 49.2 Å². The van der Waals surface area contributed by atoms with E-state index in [-0.39, 0.29) is 46.4 Å². The molecule has 0 bridgehead atoms. The molecule has 1 unspecified atom stereocenters. The Balaban J connectivity index is 1.56. The van der Waals surface area contributed by atoms with E-state index in [2.05, 4.69) is 106 Å². The number of carbonyl (C=O) groups is 1. The molecule has 0 radical (unpaired) electrons. The molecular formula is C42H70O6Si2. The second-order valence-corrected chi connectivity index (χ2v) is 28.0. The molecular weight excluding hydrogens is 657 g/mol. The van der Waals surface area contributed by atoms with Crippen molar-refractivity contribution in [2.24, 2.45) is 17.8 Å². The van der Waals surface area contributed by atoms with Crippen LogP contribution in [0.1, 0.15) is 105 Å². The summed E-state index contributed by atoms with van der Waals surface area (Å²) in [5.74, 6) is 1.23.